The molecule has 0 aliphatic heterocycles. The highest BCUT2D eigenvalue weighted by atomic mass is 79.9. The molecule has 17 heavy (non-hydrogen) atoms. The maximum atomic E-state index is 12.6. The SMILES string of the molecule is CC(C)(C)C(O)c1cc(C(F)(F)F)ccc1Br. The van der Waals surface area contributed by atoms with Crippen LogP contribution in [0.3, 0.4) is 0 Å². The molecule has 0 aromatic heterocycles. The van der Waals surface area contributed by atoms with Crippen LogP contribution in [0, 0.1) is 5.41 Å². The minimum absolute atomic E-state index is 0.257. The van der Waals surface area contributed by atoms with Gasteiger partial charge < -0.3 is 5.11 Å². The average molecular weight is 311 g/mol. The van der Waals surface area contributed by atoms with E-state index in [0.29, 0.717) is 4.47 Å². The van der Waals surface area contributed by atoms with Gasteiger partial charge in [0, 0.05) is 4.47 Å². The molecule has 0 amide bonds. The van der Waals surface area contributed by atoms with Crippen LogP contribution in [0.15, 0.2) is 22.7 Å². The molecule has 1 unspecified atom stereocenters. The number of alkyl halides is 3. The quantitative estimate of drug-likeness (QED) is 0.807. The number of benzene rings is 1. The second-order valence-electron chi connectivity index (χ2n) is 5.00. The molecule has 0 saturated heterocycles. The monoisotopic (exact) mass is 310 g/mol. The Morgan fingerprint density at radius 3 is 2.12 bits per heavy atom. The molecule has 1 aromatic carbocycles. The molecule has 0 bridgehead atoms. The molecule has 1 atom stereocenters. The van der Waals surface area contributed by atoms with Gasteiger partial charge >= 0.3 is 6.18 Å². The van der Waals surface area contributed by atoms with Crippen molar-refractivity contribution in [3.05, 3.63) is 33.8 Å². The number of halogens is 4. The summed E-state index contributed by atoms with van der Waals surface area (Å²) < 4.78 is 38.2. The lowest BCUT2D eigenvalue weighted by molar-refractivity contribution is -0.137. The van der Waals surface area contributed by atoms with Crippen molar-refractivity contribution >= 4 is 15.9 Å². The van der Waals surface area contributed by atoms with Crippen molar-refractivity contribution in [1.82, 2.24) is 0 Å². The Bertz CT molecular complexity index is 407. The molecule has 1 aromatic rings. The Morgan fingerprint density at radius 2 is 1.71 bits per heavy atom. The first-order chi connectivity index (χ1) is 7.53. The van der Waals surface area contributed by atoms with E-state index >= 15 is 0 Å². The fraction of sp³-hybridized carbons (Fsp3) is 0.500. The number of hydrogen-bond donors (Lipinski definition) is 1. The lowest BCUT2D eigenvalue weighted by Gasteiger charge is -2.27. The summed E-state index contributed by atoms with van der Waals surface area (Å²) in [5.74, 6) is 0. The predicted molar refractivity (Wildman–Crippen MR) is 63.6 cm³/mol. The zero-order valence-corrected chi connectivity index (χ0v) is 11.4. The number of rotatable bonds is 1. The molecule has 0 fully saturated rings. The zero-order valence-electron chi connectivity index (χ0n) is 9.77. The number of hydrogen-bond acceptors (Lipinski definition) is 1. The van der Waals surface area contributed by atoms with E-state index in [-0.39, 0.29) is 5.56 Å². The van der Waals surface area contributed by atoms with Crippen LogP contribution in [-0.4, -0.2) is 5.11 Å². The van der Waals surface area contributed by atoms with Gasteiger partial charge in [0.05, 0.1) is 11.7 Å². The van der Waals surface area contributed by atoms with Gasteiger partial charge in [-0.1, -0.05) is 36.7 Å². The average Bonchev–Trinajstić information content (AvgIpc) is 2.14. The van der Waals surface area contributed by atoms with E-state index in [2.05, 4.69) is 15.9 Å². The maximum Gasteiger partial charge on any atom is 0.416 e. The third-order valence-corrected chi connectivity index (χ3v) is 3.16. The number of aliphatic hydroxyl groups excluding tert-OH is 1. The molecule has 0 saturated carbocycles. The van der Waals surface area contributed by atoms with E-state index in [0.717, 1.165) is 12.1 Å². The van der Waals surface area contributed by atoms with Crippen molar-refractivity contribution in [2.24, 2.45) is 5.41 Å². The normalized spacial score (nSPS) is 14.8. The topological polar surface area (TPSA) is 20.2 Å². The highest BCUT2D eigenvalue weighted by Crippen LogP contribution is 2.39. The van der Waals surface area contributed by atoms with E-state index < -0.39 is 23.3 Å². The Hall–Kier alpha value is -0.550. The molecule has 0 heterocycles. The summed E-state index contributed by atoms with van der Waals surface area (Å²) in [6.45, 7) is 5.30. The van der Waals surface area contributed by atoms with Gasteiger partial charge in [-0.25, -0.2) is 0 Å². The van der Waals surface area contributed by atoms with Crippen molar-refractivity contribution in [2.45, 2.75) is 33.1 Å². The molecular formula is C12H14BrF3O. The maximum absolute atomic E-state index is 12.6. The Kier molecular flexibility index (Phi) is 3.94. The summed E-state index contributed by atoms with van der Waals surface area (Å²) in [5.41, 5.74) is -1.02. The molecule has 0 spiro atoms. The van der Waals surface area contributed by atoms with Crippen LogP contribution in [0.4, 0.5) is 13.2 Å². The first-order valence-corrected chi connectivity index (χ1v) is 5.87. The van der Waals surface area contributed by atoms with Crippen molar-refractivity contribution in [3.8, 4) is 0 Å². The van der Waals surface area contributed by atoms with Gasteiger partial charge in [-0.05, 0) is 29.2 Å². The smallest absolute Gasteiger partial charge is 0.388 e. The lowest BCUT2D eigenvalue weighted by atomic mass is 9.84. The highest BCUT2D eigenvalue weighted by molar-refractivity contribution is 9.10. The fourth-order valence-corrected chi connectivity index (χ4v) is 1.86. The minimum Gasteiger partial charge on any atom is -0.388 e. The molecule has 96 valence electrons. The van der Waals surface area contributed by atoms with Crippen LogP contribution in [-0.2, 0) is 6.18 Å². The predicted octanol–water partition coefficient (Wildman–Crippen LogP) is 4.55. The summed E-state index contributed by atoms with van der Waals surface area (Å²) in [4.78, 5) is 0. The zero-order chi connectivity index (χ0) is 13.4. The van der Waals surface area contributed by atoms with E-state index in [9.17, 15) is 18.3 Å². The molecular weight excluding hydrogens is 297 g/mol. The highest BCUT2D eigenvalue weighted by Gasteiger charge is 2.33. The summed E-state index contributed by atoms with van der Waals surface area (Å²) in [5, 5.41) is 10.0. The molecule has 5 heteroatoms. The summed E-state index contributed by atoms with van der Waals surface area (Å²) in [6.07, 6.45) is -5.35. The summed E-state index contributed by atoms with van der Waals surface area (Å²) in [7, 11) is 0. The van der Waals surface area contributed by atoms with Crippen molar-refractivity contribution in [3.63, 3.8) is 0 Å². The Balaban J connectivity index is 3.25. The molecule has 1 rings (SSSR count). The van der Waals surface area contributed by atoms with Gasteiger partial charge in [0.25, 0.3) is 0 Å². The third-order valence-electron chi connectivity index (χ3n) is 2.44. The molecule has 0 radical (unpaired) electrons. The van der Waals surface area contributed by atoms with Gasteiger partial charge in [0.1, 0.15) is 0 Å². The van der Waals surface area contributed by atoms with E-state index in [1.165, 1.54) is 6.07 Å². The van der Waals surface area contributed by atoms with Gasteiger partial charge in [-0.15, -0.1) is 0 Å². The van der Waals surface area contributed by atoms with E-state index in [1.807, 2.05) is 0 Å². The van der Waals surface area contributed by atoms with E-state index in [4.69, 9.17) is 0 Å². The second kappa shape index (κ2) is 4.61. The fourth-order valence-electron chi connectivity index (χ4n) is 1.40. The summed E-state index contributed by atoms with van der Waals surface area (Å²) >= 11 is 3.16. The van der Waals surface area contributed by atoms with Crippen LogP contribution in [0.25, 0.3) is 0 Å². The third kappa shape index (κ3) is 3.45. The Labute approximate surface area is 107 Å². The first-order valence-electron chi connectivity index (χ1n) is 5.08. The number of aliphatic hydroxyl groups is 1. The first kappa shape index (κ1) is 14.5. The van der Waals surface area contributed by atoms with Gasteiger partial charge in [-0.3, -0.25) is 0 Å². The van der Waals surface area contributed by atoms with Gasteiger partial charge in [-0.2, -0.15) is 13.2 Å². The molecule has 1 N–H and O–H groups in total. The van der Waals surface area contributed by atoms with Crippen LogP contribution < -0.4 is 0 Å². The molecule has 1 nitrogen and oxygen atoms in total. The van der Waals surface area contributed by atoms with Crippen LogP contribution >= 0.6 is 15.9 Å². The molecule has 0 aliphatic rings. The Morgan fingerprint density at radius 1 is 1.18 bits per heavy atom. The van der Waals surface area contributed by atoms with Crippen LogP contribution in [0.2, 0.25) is 0 Å². The van der Waals surface area contributed by atoms with Crippen molar-refractivity contribution in [2.75, 3.05) is 0 Å². The van der Waals surface area contributed by atoms with E-state index in [1.54, 1.807) is 20.8 Å². The van der Waals surface area contributed by atoms with Crippen molar-refractivity contribution in [1.29, 1.82) is 0 Å². The van der Waals surface area contributed by atoms with Crippen LogP contribution in [0.1, 0.15) is 38.0 Å². The second-order valence-corrected chi connectivity index (χ2v) is 5.86. The van der Waals surface area contributed by atoms with Crippen molar-refractivity contribution < 1.29 is 18.3 Å². The van der Waals surface area contributed by atoms with Gasteiger partial charge in [0.15, 0.2) is 0 Å². The standard InChI is InChI=1S/C12H14BrF3O/c1-11(2,3)10(17)8-6-7(12(14,15)16)4-5-9(8)13/h4-6,10,17H,1-3H3. The largest absolute Gasteiger partial charge is 0.416 e. The molecule has 0 aliphatic carbocycles. The minimum atomic E-state index is -4.40. The summed E-state index contributed by atoms with van der Waals surface area (Å²) in [6, 6.07) is 3.29. The van der Waals surface area contributed by atoms with Crippen LogP contribution in [0.5, 0.6) is 0 Å². The lowest BCUT2D eigenvalue weighted by Crippen LogP contribution is -2.19. The van der Waals surface area contributed by atoms with Gasteiger partial charge in [0.2, 0.25) is 0 Å².